The van der Waals surface area contributed by atoms with Crippen LogP contribution in [0.25, 0.3) is 0 Å². The molecule has 1 aliphatic heterocycles. The van der Waals surface area contributed by atoms with Gasteiger partial charge in [-0.15, -0.1) is 0 Å². The van der Waals surface area contributed by atoms with E-state index < -0.39 is 14.9 Å². The van der Waals surface area contributed by atoms with Gasteiger partial charge in [0.05, 0.1) is 29.2 Å². The number of nitrogens with zero attached hydrogens (tertiary/aromatic N) is 4. The van der Waals surface area contributed by atoms with Crippen molar-refractivity contribution in [3.8, 4) is 0 Å². The van der Waals surface area contributed by atoms with Crippen molar-refractivity contribution in [2.24, 2.45) is 5.10 Å². The van der Waals surface area contributed by atoms with Gasteiger partial charge in [-0.3, -0.25) is 15.5 Å². The van der Waals surface area contributed by atoms with Gasteiger partial charge in [0.1, 0.15) is 5.69 Å². The number of benzene rings is 2. The summed E-state index contributed by atoms with van der Waals surface area (Å²) in [6.45, 7) is 7.03. The summed E-state index contributed by atoms with van der Waals surface area (Å²) in [4.78, 5) is 13.0. The Morgan fingerprint density at radius 3 is 2.41 bits per heavy atom. The zero-order valence-electron chi connectivity index (χ0n) is 18.1. The van der Waals surface area contributed by atoms with Gasteiger partial charge < -0.3 is 9.64 Å². The highest BCUT2D eigenvalue weighted by Gasteiger charge is 2.28. The first-order valence-corrected chi connectivity index (χ1v) is 11.8. The molecule has 1 fully saturated rings. The quantitative estimate of drug-likeness (QED) is 0.347. The smallest absolute Gasteiger partial charge is 0.295 e. The predicted molar refractivity (Wildman–Crippen MR) is 124 cm³/mol. The summed E-state index contributed by atoms with van der Waals surface area (Å²) in [6.07, 6.45) is 1.55. The number of ether oxygens (including phenoxy) is 1. The molecule has 0 bridgehead atoms. The normalized spacial score (nSPS) is 15.1. The second-order valence-electron chi connectivity index (χ2n) is 7.09. The molecule has 2 aromatic rings. The van der Waals surface area contributed by atoms with Crippen LogP contribution in [0.3, 0.4) is 0 Å². The minimum Gasteiger partial charge on any atom is -0.379 e. The Morgan fingerprint density at radius 2 is 1.81 bits per heavy atom. The average Bonchev–Trinajstić information content (AvgIpc) is 2.81. The average molecular weight is 462 g/mol. The van der Waals surface area contributed by atoms with Gasteiger partial charge in [0.25, 0.3) is 5.69 Å². The number of anilines is 2. The van der Waals surface area contributed by atoms with E-state index in [0.29, 0.717) is 13.2 Å². The lowest BCUT2D eigenvalue weighted by Gasteiger charge is -2.26. The van der Waals surface area contributed by atoms with Crippen LogP contribution in [0.1, 0.15) is 19.4 Å². The lowest BCUT2D eigenvalue weighted by Crippen LogP contribution is -2.40. The molecule has 1 saturated heterocycles. The van der Waals surface area contributed by atoms with Crippen LogP contribution in [0.15, 0.2) is 52.5 Å². The second kappa shape index (κ2) is 10.5. The maximum absolute atomic E-state index is 12.8. The van der Waals surface area contributed by atoms with E-state index in [9.17, 15) is 18.5 Å². The molecule has 3 rings (SSSR count). The van der Waals surface area contributed by atoms with Crippen LogP contribution in [0.2, 0.25) is 0 Å². The molecule has 172 valence electrons. The summed E-state index contributed by atoms with van der Waals surface area (Å²) >= 11 is 0. The van der Waals surface area contributed by atoms with Crippen LogP contribution < -0.4 is 10.3 Å². The summed E-state index contributed by atoms with van der Waals surface area (Å²) in [7, 11) is -3.84. The molecule has 0 aliphatic carbocycles. The number of nitro benzene ring substituents is 1. The van der Waals surface area contributed by atoms with Gasteiger partial charge in [0.15, 0.2) is 0 Å². The van der Waals surface area contributed by atoms with E-state index >= 15 is 0 Å². The number of sulfonamides is 1. The fourth-order valence-corrected chi connectivity index (χ4v) is 4.82. The first-order valence-electron chi connectivity index (χ1n) is 10.4. The molecule has 32 heavy (non-hydrogen) atoms. The molecule has 11 heteroatoms. The Hall–Kier alpha value is -3.02. The molecule has 0 saturated carbocycles. The topological polar surface area (TPSA) is 117 Å². The molecule has 0 atom stereocenters. The summed E-state index contributed by atoms with van der Waals surface area (Å²) < 4.78 is 32.0. The zero-order valence-corrected chi connectivity index (χ0v) is 18.9. The molecule has 10 nitrogen and oxygen atoms in total. The summed E-state index contributed by atoms with van der Waals surface area (Å²) in [6, 6.07) is 11.5. The van der Waals surface area contributed by atoms with Gasteiger partial charge in [-0.2, -0.15) is 9.41 Å². The molecule has 0 radical (unpaired) electrons. The minimum atomic E-state index is -3.84. The third-order valence-electron chi connectivity index (χ3n) is 5.19. The minimum absolute atomic E-state index is 0.104. The number of hydrogen-bond acceptors (Lipinski definition) is 8. The van der Waals surface area contributed by atoms with Crippen molar-refractivity contribution in [2.45, 2.75) is 18.7 Å². The van der Waals surface area contributed by atoms with Crippen LogP contribution in [0, 0.1) is 10.1 Å². The fraction of sp³-hybridized carbons (Fsp3) is 0.381. The van der Waals surface area contributed by atoms with E-state index in [1.54, 1.807) is 6.21 Å². The lowest BCUT2D eigenvalue weighted by atomic mass is 10.2. The molecule has 1 N–H and O–H groups in total. The Balaban J connectivity index is 1.76. The van der Waals surface area contributed by atoms with Crippen LogP contribution >= 0.6 is 0 Å². The molecule has 0 unspecified atom stereocenters. The van der Waals surface area contributed by atoms with Crippen molar-refractivity contribution < 1.29 is 18.1 Å². The first-order chi connectivity index (χ1) is 15.4. The van der Waals surface area contributed by atoms with Gasteiger partial charge in [0, 0.05) is 37.9 Å². The van der Waals surface area contributed by atoms with Crippen molar-refractivity contribution in [3.05, 3.63) is 58.1 Å². The Bertz CT molecular complexity index is 1060. The number of morpholine rings is 1. The van der Waals surface area contributed by atoms with Gasteiger partial charge in [-0.1, -0.05) is 12.1 Å². The first kappa shape index (κ1) is 23.6. The molecule has 2 aromatic carbocycles. The fourth-order valence-electron chi connectivity index (χ4n) is 3.39. The van der Waals surface area contributed by atoms with Gasteiger partial charge in [-0.05, 0) is 43.7 Å². The molecule has 1 heterocycles. The highest BCUT2D eigenvalue weighted by atomic mass is 32.2. The zero-order chi connectivity index (χ0) is 23.1. The van der Waals surface area contributed by atoms with E-state index in [1.165, 1.54) is 16.4 Å². The summed E-state index contributed by atoms with van der Waals surface area (Å²) in [5.74, 6) is 0. The van der Waals surface area contributed by atoms with E-state index in [2.05, 4.69) is 29.3 Å². The Kier molecular flexibility index (Phi) is 7.78. The van der Waals surface area contributed by atoms with Crippen molar-refractivity contribution >= 4 is 33.3 Å². The van der Waals surface area contributed by atoms with Crippen molar-refractivity contribution in [2.75, 3.05) is 49.7 Å². The summed E-state index contributed by atoms with van der Waals surface area (Å²) in [5.41, 5.74) is 4.31. The molecule has 1 aliphatic rings. The second-order valence-corrected chi connectivity index (χ2v) is 9.02. The standard InChI is InChI=1S/C21H27N5O5S/c1-3-24(4-2)18-7-5-17(6-8-18)16-22-23-20-10-9-19(15-21(20)26(27)28)32(29,30)25-11-13-31-14-12-25/h5-10,15-16,23H,3-4,11-14H2,1-2H3/b22-16+. The van der Waals surface area contributed by atoms with E-state index in [4.69, 9.17) is 4.74 Å². The Morgan fingerprint density at radius 1 is 1.16 bits per heavy atom. The van der Waals surface area contributed by atoms with Crippen LogP contribution in [-0.4, -0.2) is 63.3 Å². The van der Waals surface area contributed by atoms with Crippen LogP contribution in [0.4, 0.5) is 17.1 Å². The predicted octanol–water partition coefficient (Wildman–Crippen LogP) is 2.91. The monoisotopic (exact) mass is 461 g/mol. The lowest BCUT2D eigenvalue weighted by molar-refractivity contribution is -0.384. The van der Waals surface area contributed by atoms with Gasteiger partial charge >= 0.3 is 0 Å². The van der Waals surface area contributed by atoms with E-state index in [1.807, 2.05) is 24.3 Å². The SMILES string of the molecule is CCN(CC)c1ccc(/C=N/Nc2ccc(S(=O)(=O)N3CCOCC3)cc2[N+](=O)[O-])cc1. The number of hydrazone groups is 1. The van der Waals surface area contributed by atoms with E-state index in [0.717, 1.165) is 30.4 Å². The van der Waals surface area contributed by atoms with Gasteiger partial charge in [0.2, 0.25) is 10.0 Å². The molecule has 0 amide bonds. The Labute approximate surface area is 187 Å². The van der Waals surface area contributed by atoms with Gasteiger partial charge in [-0.25, -0.2) is 8.42 Å². The molecule has 0 aromatic heterocycles. The van der Waals surface area contributed by atoms with Crippen LogP contribution in [0.5, 0.6) is 0 Å². The maximum Gasteiger partial charge on any atom is 0.295 e. The third kappa shape index (κ3) is 5.42. The maximum atomic E-state index is 12.8. The molecular formula is C21H27N5O5S. The number of rotatable bonds is 9. The highest BCUT2D eigenvalue weighted by Crippen LogP contribution is 2.29. The molecule has 0 spiro atoms. The van der Waals surface area contributed by atoms with Crippen molar-refractivity contribution in [3.63, 3.8) is 0 Å². The van der Waals surface area contributed by atoms with Crippen LogP contribution in [-0.2, 0) is 14.8 Å². The largest absolute Gasteiger partial charge is 0.379 e. The highest BCUT2D eigenvalue weighted by molar-refractivity contribution is 7.89. The summed E-state index contributed by atoms with van der Waals surface area (Å²) in [5, 5.41) is 15.6. The molecular weight excluding hydrogens is 434 g/mol. The number of nitro groups is 1. The third-order valence-corrected chi connectivity index (χ3v) is 7.09. The van der Waals surface area contributed by atoms with E-state index in [-0.39, 0.29) is 29.4 Å². The number of hydrogen-bond donors (Lipinski definition) is 1. The number of nitrogens with one attached hydrogen (secondary N) is 1. The van der Waals surface area contributed by atoms with Crippen molar-refractivity contribution in [1.82, 2.24) is 4.31 Å². The van der Waals surface area contributed by atoms with Crippen molar-refractivity contribution in [1.29, 1.82) is 0 Å².